The average molecular weight is 201 g/mol. The quantitative estimate of drug-likeness (QED) is 0.362. The molecule has 2 aromatic carbocycles. The molecule has 0 saturated heterocycles. The number of hydrogen-bond acceptors (Lipinski definition) is 2. The summed E-state index contributed by atoms with van der Waals surface area (Å²) < 4.78 is 0. The van der Waals surface area contributed by atoms with E-state index in [2.05, 4.69) is 4.98 Å². The van der Waals surface area contributed by atoms with Gasteiger partial charge in [0.15, 0.2) is 0 Å². The zero-order valence-electron chi connectivity index (χ0n) is 8.97. The van der Waals surface area contributed by atoms with Crippen LogP contribution in [0.2, 0.25) is 0 Å². The summed E-state index contributed by atoms with van der Waals surface area (Å²) in [4.78, 5) is 4.20. The van der Waals surface area contributed by atoms with E-state index in [1.54, 1.807) is 18.3 Å². The van der Waals surface area contributed by atoms with Crippen LogP contribution in [0.15, 0.2) is 48.7 Å². The molecule has 0 bridgehead atoms. The molecule has 0 aliphatic heterocycles. The molecular formula is C13H8LiNO. The topological polar surface area (TPSA) is 36.0 Å². The van der Waals surface area contributed by atoms with Crippen molar-refractivity contribution in [2.75, 3.05) is 0 Å². The molecule has 3 heteroatoms. The van der Waals surface area contributed by atoms with Crippen LogP contribution in [0.3, 0.4) is 0 Å². The normalized spacial score (nSPS) is 10.2. The minimum atomic E-state index is -0.0155. The van der Waals surface area contributed by atoms with Crippen molar-refractivity contribution in [2.45, 2.75) is 0 Å². The Morgan fingerprint density at radius 1 is 0.875 bits per heavy atom. The van der Waals surface area contributed by atoms with Crippen LogP contribution >= 0.6 is 0 Å². The van der Waals surface area contributed by atoms with Crippen molar-refractivity contribution in [3.8, 4) is 5.75 Å². The van der Waals surface area contributed by atoms with Crippen molar-refractivity contribution >= 4 is 21.7 Å². The first-order valence-electron chi connectivity index (χ1n) is 4.80. The molecule has 3 aromatic rings. The fourth-order valence-corrected chi connectivity index (χ4v) is 1.86. The summed E-state index contributed by atoms with van der Waals surface area (Å²) in [7, 11) is 0. The second-order valence-corrected chi connectivity index (χ2v) is 3.50. The van der Waals surface area contributed by atoms with Gasteiger partial charge in [-0.1, -0.05) is 48.2 Å². The molecule has 72 valence electrons. The van der Waals surface area contributed by atoms with Gasteiger partial charge in [0.25, 0.3) is 0 Å². The number of aromatic nitrogens is 1. The predicted molar refractivity (Wildman–Crippen MR) is 58.7 cm³/mol. The molecule has 3 rings (SSSR count). The maximum atomic E-state index is 11.6. The van der Waals surface area contributed by atoms with E-state index in [9.17, 15) is 5.11 Å². The van der Waals surface area contributed by atoms with Crippen LogP contribution in [0, 0.1) is 0 Å². The Labute approximate surface area is 105 Å². The summed E-state index contributed by atoms with van der Waals surface area (Å²) in [5.41, 5.74) is 0.552. The molecule has 0 saturated carbocycles. The first-order valence-corrected chi connectivity index (χ1v) is 4.80. The molecule has 1 aromatic heterocycles. The van der Waals surface area contributed by atoms with E-state index in [0.717, 1.165) is 16.2 Å². The van der Waals surface area contributed by atoms with Gasteiger partial charge < -0.3 is 5.11 Å². The second kappa shape index (κ2) is 4.17. The van der Waals surface area contributed by atoms with E-state index in [1.165, 1.54) is 0 Å². The van der Waals surface area contributed by atoms with E-state index in [-0.39, 0.29) is 24.6 Å². The third-order valence-corrected chi connectivity index (χ3v) is 2.58. The van der Waals surface area contributed by atoms with Gasteiger partial charge in [-0.3, -0.25) is 4.98 Å². The summed E-state index contributed by atoms with van der Waals surface area (Å²) in [5, 5.41) is 14.6. The first kappa shape index (κ1) is 11.0. The molecule has 0 N–H and O–H groups in total. The number of pyridine rings is 1. The summed E-state index contributed by atoms with van der Waals surface area (Å²) in [6.45, 7) is 0. The fraction of sp³-hybridized carbons (Fsp3) is 0. The van der Waals surface area contributed by atoms with Gasteiger partial charge in [-0.15, -0.1) is 0 Å². The van der Waals surface area contributed by atoms with Crippen LogP contribution in [0.25, 0.3) is 21.7 Å². The second-order valence-electron chi connectivity index (χ2n) is 3.50. The molecule has 16 heavy (non-hydrogen) atoms. The average Bonchev–Trinajstić information content (AvgIpc) is 2.29. The molecule has 0 amide bonds. The summed E-state index contributed by atoms with van der Waals surface area (Å²) in [6.07, 6.45) is 1.75. The van der Waals surface area contributed by atoms with Crippen molar-refractivity contribution in [3.05, 3.63) is 48.7 Å². The maximum Gasteiger partial charge on any atom is 1.00 e. The van der Waals surface area contributed by atoms with Gasteiger partial charge in [0, 0.05) is 17.0 Å². The zero-order chi connectivity index (χ0) is 10.3. The van der Waals surface area contributed by atoms with Crippen LogP contribution in [0.5, 0.6) is 5.75 Å². The van der Waals surface area contributed by atoms with Crippen LogP contribution in [0.1, 0.15) is 0 Å². The Morgan fingerprint density at radius 3 is 2.50 bits per heavy atom. The van der Waals surface area contributed by atoms with Crippen LogP contribution in [0.4, 0.5) is 0 Å². The third kappa shape index (κ3) is 1.57. The smallest absolute Gasteiger partial charge is 0.871 e. The van der Waals surface area contributed by atoms with Gasteiger partial charge >= 0.3 is 18.9 Å². The summed E-state index contributed by atoms with van der Waals surface area (Å²) in [6, 6.07) is 13.2. The maximum absolute atomic E-state index is 11.6. The Hall–Kier alpha value is -1.49. The number of nitrogens with zero attached hydrogens (tertiary/aromatic N) is 1. The van der Waals surface area contributed by atoms with Crippen LogP contribution < -0.4 is 24.0 Å². The number of benzene rings is 2. The molecule has 0 fully saturated rings. The largest absolute Gasteiger partial charge is 1.00 e. The van der Waals surface area contributed by atoms with Crippen molar-refractivity contribution < 1.29 is 24.0 Å². The van der Waals surface area contributed by atoms with E-state index < -0.39 is 0 Å². The molecule has 0 spiro atoms. The summed E-state index contributed by atoms with van der Waals surface area (Å²) in [5.74, 6) is -0.0155. The van der Waals surface area contributed by atoms with Crippen LogP contribution in [-0.4, -0.2) is 4.98 Å². The number of para-hydroxylation sites is 1. The molecule has 0 aliphatic carbocycles. The number of fused-ring (bicyclic) bond motifs is 3. The first-order chi connectivity index (χ1) is 7.36. The molecule has 0 unspecified atom stereocenters. The Morgan fingerprint density at radius 2 is 1.62 bits per heavy atom. The van der Waals surface area contributed by atoms with Crippen molar-refractivity contribution in [1.82, 2.24) is 4.98 Å². The van der Waals surface area contributed by atoms with Crippen molar-refractivity contribution in [1.29, 1.82) is 0 Å². The van der Waals surface area contributed by atoms with Gasteiger partial charge in [-0.05, 0) is 5.39 Å². The van der Waals surface area contributed by atoms with Gasteiger partial charge in [0.2, 0.25) is 0 Å². The monoisotopic (exact) mass is 201 g/mol. The minimum absolute atomic E-state index is 0. The van der Waals surface area contributed by atoms with Crippen LogP contribution in [-0.2, 0) is 0 Å². The van der Waals surface area contributed by atoms with E-state index >= 15 is 0 Å². The molecule has 1 heterocycles. The fourth-order valence-electron chi connectivity index (χ4n) is 1.86. The Balaban J connectivity index is 0.000000963. The molecule has 0 atom stereocenters. The predicted octanol–water partition coefficient (Wildman–Crippen LogP) is -0.534. The standard InChI is InChI=1S/C13H9NO.Li/c15-12-7-3-6-11-10-5-2-1-4-9(10)8-14-13(11)12;/h1-8,15H;/q;+1/p-1. The Kier molecular flexibility index (Phi) is 2.87. The molecule has 0 aliphatic rings. The van der Waals surface area contributed by atoms with Gasteiger partial charge in [0.1, 0.15) is 0 Å². The zero-order valence-corrected chi connectivity index (χ0v) is 8.97. The van der Waals surface area contributed by atoms with Crippen molar-refractivity contribution in [2.24, 2.45) is 0 Å². The van der Waals surface area contributed by atoms with E-state index in [4.69, 9.17) is 0 Å². The summed E-state index contributed by atoms with van der Waals surface area (Å²) >= 11 is 0. The van der Waals surface area contributed by atoms with Gasteiger partial charge in [-0.25, -0.2) is 0 Å². The third-order valence-electron chi connectivity index (χ3n) is 2.58. The SMILES string of the molecule is [Li+].[O-]c1cccc2c1ncc1ccccc12. The molecule has 2 nitrogen and oxygen atoms in total. The Bertz CT molecular complexity index is 652. The minimum Gasteiger partial charge on any atom is -0.871 e. The number of rotatable bonds is 0. The van der Waals surface area contributed by atoms with E-state index in [1.807, 2.05) is 30.3 Å². The molecular weight excluding hydrogens is 193 g/mol. The van der Waals surface area contributed by atoms with Crippen molar-refractivity contribution in [3.63, 3.8) is 0 Å². The number of hydrogen-bond donors (Lipinski definition) is 0. The molecule has 0 radical (unpaired) electrons. The van der Waals surface area contributed by atoms with Gasteiger partial charge in [0.05, 0.1) is 5.52 Å². The van der Waals surface area contributed by atoms with E-state index in [0.29, 0.717) is 5.52 Å². The van der Waals surface area contributed by atoms with Gasteiger partial charge in [-0.2, -0.15) is 0 Å².